The lowest BCUT2D eigenvalue weighted by molar-refractivity contribution is -0.384. The van der Waals surface area contributed by atoms with Crippen LogP contribution in [-0.2, 0) is 0 Å². The second kappa shape index (κ2) is 8.84. The van der Waals surface area contributed by atoms with E-state index in [4.69, 9.17) is 9.47 Å². The fourth-order valence-electron chi connectivity index (χ4n) is 2.23. The Labute approximate surface area is 152 Å². The summed E-state index contributed by atoms with van der Waals surface area (Å²) in [5.41, 5.74) is 0.669. The molecule has 0 aliphatic carbocycles. The number of ether oxygens (including phenoxy) is 2. The Morgan fingerprint density at radius 3 is 2.65 bits per heavy atom. The molecule has 26 heavy (non-hydrogen) atoms. The molecule has 0 spiro atoms. The minimum Gasteiger partial charge on any atom is -0.494 e. The number of nitro groups is 1. The van der Waals surface area contributed by atoms with E-state index in [1.165, 1.54) is 25.3 Å². The van der Waals surface area contributed by atoms with Crippen molar-refractivity contribution in [2.45, 2.75) is 20.3 Å². The van der Waals surface area contributed by atoms with Crippen molar-refractivity contribution >= 4 is 17.3 Å². The van der Waals surface area contributed by atoms with Crippen LogP contribution >= 0.6 is 0 Å². The van der Waals surface area contributed by atoms with Gasteiger partial charge in [-0.2, -0.15) is 0 Å². The van der Waals surface area contributed by atoms with Crippen LogP contribution in [0, 0.1) is 16.0 Å². The van der Waals surface area contributed by atoms with Crippen molar-refractivity contribution in [3.8, 4) is 11.5 Å². The van der Waals surface area contributed by atoms with E-state index < -0.39 is 4.92 Å². The fraction of sp³-hybridized carbons (Fsp3) is 0.316. The Morgan fingerprint density at radius 1 is 1.23 bits per heavy atom. The van der Waals surface area contributed by atoms with E-state index in [1.807, 2.05) is 0 Å². The first-order chi connectivity index (χ1) is 12.4. The van der Waals surface area contributed by atoms with E-state index in [0.29, 0.717) is 29.5 Å². The summed E-state index contributed by atoms with van der Waals surface area (Å²) in [6.45, 7) is 4.81. The van der Waals surface area contributed by atoms with Crippen molar-refractivity contribution in [3.05, 3.63) is 58.1 Å². The number of nitrogens with zero attached hydrogens (tertiary/aromatic N) is 1. The van der Waals surface area contributed by atoms with Gasteiger partial charge in [-0.05, 0) is 36.6 Å². The summed E-state index contributed by atoms with van der Waals surface area (Å²) in [6, 6.07) is 10.9. The van der Waals surface area contributed by atoms with Gasteiger partial charge in [0.15, 0.2) is 0 Å². The maximum Gasteiger partial charge on any atom is 0.273 e. The maximum atomic E-state index is 12.5. The molecule has 2 rings (SSSR count). The summed E-state index contributed by atoms with van der Waals surface area (Å²) in [6.07, 6.45) is 0.927. The highest BCUT2D eigenvalue weighted by Gasteiger charge is 2.14. The second-order valence-corrected chi connectivity index (χ2v) is 6.15. The highest BCUT2D eigenvalue weighted by molar-refractivity contribution is 6.05. The Kier molecular flexibility index (Phi) is 6.54. The summed E-state index contributed by atoms with van der Waals surface area (Å²) in [7, 11) is 1.39. The topological polar surface area (TPSA) is 90.7 Å². The molecule has 0 saturated heterocycles. The smallest absolute Gasteiger partial charge is 0.273 e. The number of rotatable bonds is 8. The molecule has 138 valence electrons. The van der Waals surface area contributed by atoms with Crippen molar-refractivity contribution in [2.24, 2.45) is 5.92 Å². The number of anilines is 1. The molecule has 0 bridgehead atoms. The highest BCUT2D eigenvalue weighted by atomic mass is 16.6. The first-order valence-electron chi connectivity index (χ1n) is 8.27. The van der Waals surface area contributed by atoms with Gasteiger partial charge in [-0.15, -0.1) is 0 Å². The summed E-state index contributed by atoms with van der Waals surface area (Å²) in [4.78, 5) is 22.8. The lowest BCUT2D eigenvalue weighted by Crippen LogP contribution is -2.13. The quantitative estimate of drug-likeness (QED) is 0.562. The van der Waals surface area contributed by atoms with Crippen LogP contribution in [0.1, 0.15) is 30.6 Å². The number of methoxy groups -OCH3 is 1. The Balaban J connectivity index is 2.11. The van der Waals surface area contributed by atoms with Crippen LogP contribution in [0.3, 0.4) is 0 Å². The monoisotopic (exact) mass is 358 g/mol. The fourth-order valence-corrected chi connectivity index (χ4v) is 2.23. The van der Waals surface area contributed by atoms with Gasteiger partial charge in [0, 0.05) is 11.6 Å². The SMILES string of the molecule is COc1cc([N+](=O)[O-])ccc1NC(=O)c1cccc(OCCC(C)C)c1. The van der Waals surface area contributed by atoms with Crippen molar-refractivity contribution in [1.82, 2.24) is 0 Å². The average Bonchev–Trinajstić information content (AvgIpc) is 2.61. The number of nitrogens with one attached hydrogen (secondary N) is 1. The zero-order chi connectivity index (χ0) is 19.1. The van der Waals surface area contributed by atoms with Gasteiger partial charge in [-0.25, -0.2) is 0 Å². The van der Waals surface area contributed by atoms with Crippen LogP contribution in [0.4, 0.5) is 11.4 Å². The number of non-ortho nitro benzene ring substituents is 1. The minimum atomic E-state index is -0.522. The number of nitro benzene ring substituents is 1. The van der Waals surface area contributed by atoms with Gasteiger partial charge in [0.2, 0.25) is 0 Å². The van der Waals surface area contributed by atoms with Crippen LogP contribution in [0.15, 0.2) is 42.5 Å². The number of carbonyl (C=O) groups excluding carboxylic acids is 1. The molecule has 0 fully saturated rings. The molecule has 2 aromatic rings. The molecular formula is C19H22N2O5. The molecule has 0 radical (unpaired) electrons. The van der Waals surface area contributed by atoms with E-state index in [9.17, 15) is 14.9 Å². The third-order valence-electron chi connectivity index (χ3n) is 3.70. The first kappa shape index (κ1) is 19.2. The molecule has 7 nitrogen and oxygen atoms in total. The van der Waals surface area contributed by atoms with Gasteiger partial charge in [-0.3, -0.25) is 14.9 Å². The van der Waals surface area contributed by atoms with Crippen LogP contribution < -0.4 is 14.8 Å². The largest absolute Gasteiger partial charge is 0.494 e. The number of amides is 1. The minimum absolute atomic E-state index is 0.111. The van der Waals surface area contributed by atoms with Crippen LogP contribution in [-0.4, -0.2) is 24.5 Å². The molecule has 0 unspecified atom stereocenters. The van der Waals surface area contributed by atoms with E-state index in [2.05, 4.69) is 19.2 Å². The Morgan fingerprint density at radius 2 is 2.00 bits per heavy atom. The Bertz CT molecular complexity index is 789. The van der Waals surface area contributed by atoms with E-state index >= 15 is 0 Å². The van der Waals surface area contributed by atoms with Crippen molar-refractivity contribution in [3.63, 3.8) is 0 Å². The molecule has 0 saturated carbocycles. The maximum absolute atomic E-state index is 12.5. The molecule has 0 aromatic heterocycles. The van der Waals surface area contributed by atoms with Crippen LogP contribution in [0.25, 0.3) is 0 Å². The van der Waals surface area contributed by atoms with Gasteiger partial charge < -0.3 is 14.8 Å². The van der Waals surface area contributed by atoms with Crippen molar-refractivity contribution < 1.29 is 19.2 Å². The van der Waals surface area contributed by atoms with Gasteiger partial charge in [0.25, 0.3) is 11.6 Å². The molecule has 0 aliphatic heterocycles. The van der Waals surface area contributed by atoms with E-state index in [-0.39, 0.29) is 17.3 Å². The average molecular weight is 358 g/mol. The molecule has 1 N–H and O–H groups in total. The van der Waals surface area contributed by atoms with Crippen LogP contribution in [0.5, 0.6) is 11.5 Å². The van der Waals surface area contributed by atoms with Crippen molar-refractivity contribution in [2.75, 3.05) is 19.0 Å². The number of carbonyl (C=O) groups is 1. The number of benzene rings is 2. The molecule has 7 heteroatoms. The lowest BCUT2D eigenvalue weighted by atomic mass is 10.1. The zero-order valence-electron chi connectivity index (χ0n) is 15.0. The highest BCUT2D eigenvalue weighted by Crippen LogP contribution is 2.29. The summed E-state index contributed by atoms with van der Waals surface area (Å²) >= 11 is 0. The van der Waals surface area contributed by atoms with E-state index in [0.717, 1.165) is 6.42 Å². The zero-order valence-corrected chi connectivity index (χ0v) is 15.0. The summed E-state index contributed by atoms with van der Waals surface area (Å²) < 4.78 is 10.8. The van der Waals surface area contributed by atoms with Gasteiger partial charge in [0.1, 0.15) is 11.5 Å². The number of hydrogen-bond donors (Lipinski definition) is 1. The molecule has 1 amide bonds. The van der Waals surface area contributed by atoms with Gasteiger partial charge in [-0.1, -0.05) is 19.9 Å². The third kappa shape index (κ3) is 5.20. The predicted molar refractivity (Wildman–Crippen MR) is 99.0 cm³/mol. The molecule has 2 aromatic carbocycles. The molecule has 0 aliphatic rings. The molecule has 0 heterocycles. The first-order valence-corrected chi connectivity index (χ1v) is 8.27. The van der Waals surface area contributed by atoms with Gasteiger partial charge in [0.05, 0.1) is 30.4 Å². The standard InChI is InChI=1S/C19H22N2O5/c1-13(2)9-10-26-16-6-4-5-14(11-16)19(22)20-17-8-7-15(21(23)24)12-18(17)25-3/h4-8,11-13H,9-10H2,1-3H3,(H,20,22). The number of hydrogen-bond acceptors (Lipinski definition) is 5. The normalized spacial score (nSPS) is 10.5. The van der Waals surface area contributed by atoms with E-state index in [1.54, 1.807) is 24.3 Å². The molecular weight excluding hydrogens is 336 g/mol. The summed E-state index contributed by atoms with van der Waals surface area (Å²) in [5.74, 6) is 1.02. The Hall–Kier alpha value is -3.09. The lowest BCUT2D eigenvalue weighted by Gasteiger charge is -2.11. The van der Waals surface area contributed by atoms with Crippen molar-refractivity contribution in [1.29, 1.82) is 0 Å². The predicted octanol–water partition coefficient (Wildman–Crippen LogP) is 4.28. The summed E-state index contributed by atoms with van der Waals surface area (Å²) in [5, 5.41) is 13.5. The molecule has 0 atom stereocenters. The second-order valence-electron chi connectivity index (χ2n) is 6.15. The van der Waals surface area contributed by atoms with Gasteiger partial charge >= 0.3 is 0 Å². The van der Waals surface area contributed by atoms with Crippen LogP contribution in [0.2, 0.25) is 0 Å². The third-order valence-corrected chi connectivity index (χ3v) is 3.70.